The maximum atomic E-state index is 12.8. The number of rotatable bonds is 4. The van der Waals surface area contributed by atoms with Crippen LogP contribution in [-0.4, -0.2) is 44.9 Å². The van der Waals surface area contributed by atoms with Crippen molar-refractivity contribution in [1.82, 2.24) is 19.8 Å². The minimum atomic E-state index is -0.564. The molecule has 1 N–H and O–H groups in total. The molecule has 0 spiro atoms. The molecule has 0 bridgehead atoms. The summed E-state index contributed by atoms with van der Waals surface area (Å²) in [5.41, 5.74) is 0.887. The lowest BCUT2D eigenvalue weighted by Crippen LogP contribution is -2.49. The topological polar surface area (TPSA) is 93.3 Å². The van der Waals surface area contributed by atoms with Crippen LogP contribution in [0.1, 0.15) is 17.4 Å². The van der Waals surface area contributed by atoms with Gasteiger partial charge in [0.05, 0.1) is 6.04 Å². The van der Waals surface area contributed by atoms with Gasteiger partial charge in [-0.2, -0.15) is 0 Å². The highest BCUT2D eigenvalue weighted by Crippen LogP contribution is 2.28. The van der Waals surface area contributed by atoms with Crippen LogP contribution in [-0.2, 0) is 11.3 Å². The first kappa shape index (κ1) is 20.2. The van der Waals surface area contributed by atoms with Crippen molar-refractivity contribution in [3.63, 3.8) is 0 Å². The first-order valence-corrected chi connectivity index (χ1v) is 8.28. The quantitative estimate of drug-likeness (QED) is 0.628. The standard InChI is InChI=1S/C16H18ClN5O3.ClH/c1-11-19-15(22(24)25)9-20(11)10-16(23)21-7-6-18-8-14(21)12-4-2-3-5-13(12)17;/h2-5,9,14,18H,6-8,10H2,1H3;1H. The Morgan fingerprint density at radius 2 is 2.19 bits per heavy atom. The third-order valence-electron chi connectivity index (χ3n) is 4.28. The van der Waals surface area contributed by atoms with Gasteiger partial charge in [-0.05, 0) is 21.5 Å². The second kappa shape index (κ2) is 8.48. The Kier molecular flexibility index (Phi) is 6.57. The van der Waals surface area contributed by atoms with E-state index in [2.05, 4.69) is 10.3 Å². The lowest BCUT2D eigenvalue weighted by Gasteiger charge is -2.37. The van der Waals surface area contributed by atoms with Gasteiger partial charge >= 0.3 is 5.82 Å². The average Bonchev–Trinajstić information content (AvgIpc) is 2.96. The van der Waals surface area contributed by atoms with Gasteiger partial charge in [-0.1, -0.05) is 29.8 Å². The number of hydrogen-bond acceptors (Lipinski definition) is 5. The first-order chi connectivity index (χ1) is 12.0. The summed E-state index contributed by atoms with van der Waals surface area (Å²) < 4.78 is 1.51. The number of carbonyl (C=O) groups is 1. The first-order valence-electron chi connectivity index (χ1n) is 7.90. The highest BCUT2D eigenvalue weighted by molar-refractivity contribution is 6.31. The molecule has 3 rings (SSSR count). The van der Waals surface area contributed by atoms with Crippen molar-refractivity contribution in [1.29, 1.82) is 0 Å². The van der Waals surface area contributed by atoms with Gasteiger partial charge in [-0.15, -0.1) is 12.4 Å². The van der Waals surface area contributed by atoms with Crippen molar-refractivity contribution in [2.75, 3.05) is 19.6 Å². The lowest BCUT2D eigenvalue weighted by molar-refractivity contribution is -0.389. The zero-order chi connectivity index (χ0) is 18.0. The van der Waals surface area contributed by atoms with Crippen LogP contribution < -0.4 is 5.32 Å². The van der Waals surface area contributed by atoms with E-state index in [1.165, 1.54) is 10.8 Å². The van der Waals surface area contributed by atoms with E-state index in [0.717, 1.165) is 5.56 Å². The third kappa shape index (κ3) is 4.14. The van der Waals surface area contributed by atoms with Gasteiger partial charge in [-0.3, -0.25) is 9.36 Å². The smallest absolute Gasteiger partial charge is 0.358 e. The Balaban J connectivity index is 0.00000243. The summed E-state index contributed by atoms with van der Waals surface area (Å²) in [7, 11) is 0. The van der Waals surface area contributed by atoms with Crippen LogP contribution in [0.2, 0.25) is 5.02 Å². The molecular formula is C16H19Cl2N5O3. The van der Waals surface area contributed by atoms with E-state index in [1.54, 1.807) is 17.9 Å². The van der Waals surface area contributed by atoms with Gasteiger partial charge in [0.2, 0.25) is 11.7 Å². The van der Waals surface area contributed by atoms with Crippen LogP contribution in [0, 0.1) is 17.0 Å². The maximum Gasteiger partial charge on any atom is 0.381 e. The highest BCUT2D eigenvalue weighted by atomic mass is 35.5. The number of nitro groups is 1. The van der Waals surface area contributed by atoms with Crippen molar-refractivity contribution >= 4 is 35.7 Å². The summed E-state index contributed by atoms with van der Waals surface area (Å²) in [6, 6.07) is 7.28. The molecule has 0 radical (unpaired) electrons. The second-order valence-electron chi connectivity index (χ2n) is 5.86. The summed E-state index contributed by atoms with van der Waals surface area (Å²) >= 11 is 6.30. The maximum absolute atomic E-state index is 12.8. The molecule has 140 valence electrons. The van der Waals surface area contributed by atoms with Gasteiger partial charge in [-0.25, -0.2) is 0 Å². The van der Waals surface area contributed by atoms with Crippen LogP contribution in [0.3, 0.4) is 0 Å². The number of carbonyl (C=O) groups excluding carboxylic acids is 1. The van der Waals surface area contributed by atoms with Gasteiger partial charge in [0.15, 0.2) is 0 Å². The molecule has 1 amide bonds. The molecular weight excluding hydrogens is 381 g/mol. The van der Waals surface area contributed by atoms with E-state index < -0.39 is 4.92 Å². The molecule has 1 aliphatic heterocycles. The van der Waals surface area contributed by atoms with Gasteiger partial charge in [0, 0.05) is 31.6 Å². The van der Waals surface area contributed by atoms with Crippen LogP contribution in [0.5, 0.6) is 0 Å². The number of nitrogens with one attached hydrogen (secondary N) is 1. The summed E-state index contributed by atoms with van der Waals surface area (Å²) in [5, 5.41) is 14.7. The molecule has 0 aliphatic carbocycles. The molecule has 10 heteroatoms. The molecule has 1 unspecified atom stereocenters. The third-order valence-corrected chi connectivity index (χ3v) is 4.63. The van der Waals surface area contributed by atoms with E-state index in [-0.39, 0.29) is 36.7 Å². The van der Waals surface area contributed by atoms with Crippen LogP contribution in [0.25, 0.3) is 0 Å². The summed E-state index contributed by atoms with van der Waals surface area (Å²) in [6.45, 7) is 3.50. The monoisotopic (exact) mass is 399 g/mol. The Morgan fingerprint density at radius 3 is 2.85 bits per heavy atom. The van der Waals surface area contributed by atoms with E-state index >= 15 is 0 Å². The average molecular weight is 400 g/mol. The number of benzene rings is 1. The normalized spacial score (nSPS) is 16.8. The van der Waals surface area contributed by atoms with E-state index in [9.17, 15) is 14.9 Å². The number of imidazole rings is 1. The number of aromatic nitrogens is 2. The van der Waals surface area contributed by atoms with Crippen LogP contribution in [0.4, 0.5) is 5.82 Å². The summed E-state index contributed by atoms with van der Waals surface area (Å²) in [4.78, 5) is 28.7. The Morgan fingerprint density at radius 1 is 1.46 bits per heavy atom. The van der Waals surface area contributed by atoms with Crippen molar-refractivity contribution in [3.8, 4) is 0 Å². The molecule has 1 aromatic carbocycles. The zero-order valence-corrected chi connectivity index (χ0v) is 15.7. The highest BCUT2D eigenvalue weighted by Gasteiger charge is 2.30. The van der Waals surface area contributed by atoms with Gasteiger partial charge in [0.25, 0.3) is 0 Å². The van der Waals surface area contributed by atoms with Crippen molar-refractivity contribution in [2.24, 2.45) is 0 Å². The van der Waals surface area contributed by atoms with Gasteiger partial charge in [0.1, 0.15) is 12.7 Å². The van der Waals surface area contributed by atoms with Crippen molar-refractivity contribution in [3.05, 3.63) is 57.0 Å². The molecule has 2 aromatic rings. The van der Waals surface area contributed by atoms with Crippen LogP contribution >= 0.6 is 24.0 Å². The van der Waals surface area contributed by atoms with Crippen molar-refractivity contribution < 1.29 is 9.72 Å². The fourth-order valence-corrected chi connectivity index (χ4v) is 3.26. The predicted molar refractivity (Wildman–Crippen MR) is 99.6 cm³/mol. The minimum absolute atomic E-state index is 0. The molecule has 26 heavy (non-hydrogen) atoms. The molecule has 1 aliphatic rings. The Bertz CT molecular complexity index is 811. The molecule has 1 atom stereocenters. The molecule has 2 heterocycles. The Labute approximate surface area is 161 Å². The predicted octanol–water partition coefficient (Wildman–Crippen LogP) is 2.35. The fourth-order valence-electron chi connectivity index (χ4n) is 3.00. The number of nitrogens with zero attached hydrogens (tertiary/aromatic N) is 4. The number of amides is 1. The van der Waals surface area contributed by atoms with Gasteiger partial charge < -0.3 is 20.3 Å². The number of hydrogen-bond donors (Lipinski definition) is 1. The molecule has 1 fully saturated rings. The second-order valence-corrected chi connectivity index (χ2v) is 6.27. The molecule has 8 nitrogen and oxygen atoms in total. The number of aryl methyl sites for hydroxylation is 1. The molecule has 0 saturated carbocycles. The number of halogens is 2. The minimum Gasteiger partial charge on any atom is -0.358 e. The summed E-state index contributed by atoms with van der Waals surface area (Å²) in [5.74, 6) is 0.0551. The SMILES string of the molecule is Cc1nc([N+](=O)[O-])cn1CC(=O)N1CCNCC1c1ccccc1Cl.Cl. The van der Waals surface area contributed by atoms with Crippen molar-refractivity contribution in [2.45, 2.75) is 19.5 Å². The van der Waals surface area contributed by atoms with E-state index in [4.69, 9.17) is 11.6 Å². The van der Waals surface area contributed by atoms with E-state index in [1.807, 2.05) is 18.2 Å². The zero-order valence-electron chi connectivity index (χ0n) is 14.1. The fraction of sp³-hybridized carbons (Fsp3) is 0.375. The van der Waals surface area contributed by atoms with E-state index in [0.29, 0.717) is 30.5 Å². The number of piperazine rings is 1. The molecule has 1 saturated heterocycles. The van der Waals surface area contributed by atoms with Crippen LogP contribution in [0.15, 0.2) is 30.5 Å². The molecule has 1 aromatic heterocycles. The largest absolute Gasteiger partial charge is 0.381 e. The lowest BCUT2D eigenvalue weighted by atomic mass is 10.0. The Hall–Kier alpha value is -2.16. The summed E-state index contributed by atoms with van der Waals surface area (Å²) in [6.07, 6.45) is 1.29.